The van der Waals surface area contributed by atoms with E-state index in [9.17, 15) is 18.0 Å². The zero-order chi connectivity index (χ0) is 20.9. The average molecular weight is 407 g/mol. The van der Waals surface area contributed by atoms with Gasteiger partial charge in [0.2, 0.25) is 0 Å². The molecule has 1 aliphatic heterocycles. The molecule has 0 atom stereocenters. The van der Waals surface area contributed by atoms with E-state index in [4.69, 9.17) is 0 Å². The van der Waals surface area contributed by atoms with Gasteiger partial charge in [0.15, 0.2) is 11.3 Å². The molecule has 0 aromatic carbocycles. The van der Waals surface area contributed by atoms with Gasteiger partial charge in [0.1, 0.15) is 5.56 Å². The molecule has 0 spiro atoms. The fraction of sp³-hybridized carbons (Fsp3) is 0.444. The molecular weight excluding hydrogens is 387 g/mol. The molecule has 3 aromatic heterocycles. The summed E-state index contributed by atoms with van der Waals surface area (Å²) in [5.41, 5.74) is 0.0793. The number of hydrogen-bond donors (Lipinski definition) is 0. The summed E-state index contributed by atoms with van der Waals surface area (Å²) in [6.45, 7) is 4.10. The van der Waals surface area contributed by atoms with Crippen LogP contribution in [-0.4, -0.2) is 73.3 Å². The Kier molecular flexibility index (Phi) is 4.56. The first-order valence-electron chi connectivity index (χ1n) is 9.09. The number of aromatic nitrogens is 5. The van der Waals surface area contributed by atoms with Crippen molar-refractivity contribution in [3.63, 3.8) is 0 Å². The molecule has 0 bridgehead atoms. The average Bonchev–Trinajstić information content (AvgIpc) is 3.22. The number of nitrogens with zero attached hydrogens (tertiary/aromatic N) is 7. The van der Waals surface area contributed by atoms with Gasteiger partial charge in [0.05, 0.1) is 17.6 Å². The molecule has 4 heterocycles. The van der Waals surface area contributed by atoms with Crippen molar-refractivity contribution in [3.05, 3.63) is 35.4 Å². The Morgan fingerprint density at radius 1 is 1.14 bits per heavy atom. The maximum absolute atomic E-state index is 13.7. The first kappa shape index (κ1) is 19.4. The summed E-state index contributed by atoms with van der Waals surface area (Å²) < 4.78 is 43.4. The normalized spacial score (nSPS) is 16.0. The Morgan fingerprint density at radius 3 is 2.41 bits per heavy atom. The number of fused-ring (bicyclic) bond motifs is 1. The number of likely N-dealkylation sites (N-methyl/N-ethyl adjacent to an activating group) is 1. The minimum atomic E-state index is -4.66. The lowest BCUT2D eigenvalue weighted by Gasteiger charge is -2.32. The fourth-order valence-electron chi connectivity index (χ4n) is 3.48. The lowest BCUT2D eigenvalue weighted by atomic mass is 10.1. The third-order valence-electron chi connectivity index (χ3n) is 5.07. The van der Waals surface area contributed by atoms with E-state index in [2.05, 4.69) is 20.1 Å². The molecule has 0 aliphatic carbocycles. The van der Waals surface area contributed by atoms with Crippen LogP contribution >= 0.6 is 0 Å². The number of rotatable bonds is 2. The van der Waals surface area contributed by atoms with E-state index in [1.54, 1.807) is 25.1 Å². The standard InChI is InChI=1S/C18H20F3N7O/c1-11-13(10-26(3)24-11)14-8-15(18(19,20)21)28-16(23-14)12(9-22-28)17(29)27-6-4-25(2)5-7-27/h8-10H,4-7H2,1-3H3. The Morgan fingerprint density at radius 2 is 1.83 bits per heavy atom. The minimum Gasteiger partial charge on any atom is -0.336 e. The zero-order valence-electron chi connectivity index (χ0n) is 16.2. The maximum atomic E-state index is 13.7. The number of carbonyl (C=O) groups is 1. The van der Waals surface area contributed by atoms with Gasteiger partial charge in [-0.25, -0.2) is 9.50 Å². The van der Waals surface area contributed by atoms with Crippen LogP contribution in [0.4, 0.5) is 13.2 Å². The molecule has 0 radical (unpaired) electrons. The van der Waals surface area contributed by atoms with E-state index in [-0.39, 0.29) is 22.8 Å². The Bertz CT molecular complexity index is 1080. The van der Waals surface area contributed by atoms with Gasteiger partial charge in [-0.05, 0) is 20.0 Å². The number of amides is 1. The maximum Gasteiger partial charge on any atom is 0.433 e. The Labute approximate surface area is 164 Å². The molecular formula is C18H20F3N7O. The highest BCUT2D eigenvalue weighted by Crippen LogP contribution is 2.33. The molecule has 8 nitrogen and oxygen atoms in total. The summed E-state index contributed by atoms with van der Waals surface area (Å²) in [6.07, 6.45) is -1.89. The molecule has 1 aliphatic rings. The van der Waals surface area contributed by atoms with E-state index in [1.807, 2.05) is 7.05 Å². The summed E-state index contributed by atoms with van der Waals surface area (Å²) in [6, 6.07) is 0.939. The minimum absolute atomic E-state index is 0.0587. The van der Waals surface area contributed by atoms with Crippen LogP contribution in [0.1, 0.15) is 21.7 Å². The summed E-state index contributed by atoms with van der Waals surface area (Å²) >= 11 is 0. The van der Waals surface area contributed by atoms with Gasteiger partial charge in [-0.3, -0.25) is 9.48 Å². The van der Waals surface area contributed by atoms with Gasteiger partial charge in [0, 0.05) is 45.0 Å². The first-order chi connectivity index (χ1) is 13.6. The molecule has 11 heteroatoms. The van der Waals surface area contributed by atoms with E-state index in [0.717, 1.165) is 12.3 Å². The lowest BCUT2D eigenvalue weighted by Crippen LogP contribution is -2.47. The number of hydrogen-bond acceptors (Lipinski definition) is 5. The number of alkyl halides is 3. The SMILES string of the molecule is Cc1nn(C)cc1-c1cc(C(F)(F)F)n2ncc(C(=O)N3CCN(C)CC3)c2n1. The van der Waals surface area contributed by atoms with Gasteiger partial charge in [-0.2, -0.15) is 23.4 Å². The molecule has 29 heavy (non-hydrogen) atoms. The van der Waals surface area contributed by atoms with Crippen LogP contribution in [0.25, 0.3) is 16.9 Å². The van der Waals surface area contributed by atoms with Gasteiger partial charge in [-0.1, -0.05) is 0 Å². The van der Waals surface area contributed by atoms with Crippen molar-refractivity contribution in [2.45, 2.75) is 13.1 Å². The highest BCUT2D eigenvalue weighted by atomic mass is 19.4. The smallest absolute Gasteiger partial charge is 0.336 e. The van der Waals surface area contributed by atoms with Crippen LogP contribution in [0, 0.1) is 6.92 Å². The van der Waals surface area contributed by atoms with Crippen LogP contribution in [0.2, 0.25) is 0 Å². The summed E-state index contributed by atoms with van der Waals surface area (Å²) in [5.74, 6) is -0.367. The molecule has 4 rings (SSSR count). The second-order valence-corrected chi connectivity index (χ2v) is 7.22. The topological polar surface area (TPSA) is 71.6 Å². The summed E-state index contributed by atoms with van der Waals surface area (Å²) in [5, 5.41) is 8.01. The van der Waals surface area contributed by atoms with Crippen LogP contribution < -0.4 is 0 Å². The molecule has 1 fully saturated rings. The van der Waals surface area contributed by atoms with Crippen molar-refractivity contribution in [1.29, 1.82) is 0 Å². The predicted octanol–water partition coefficient (Wildman–Crippen LogP) is 1.84. The quantitative estimate of drug-likeness (QED) is 0.648. The monoisotopic (exact) mass is 407 g/mol. The molecule has 154 valence electrons. The van der Waals surface area contributed by atoms with Gasteiger partial charge >= 0.3 is 6.18 Å². The lowest BCUT2D eigenvalue weighted by molar-refractivity contribution is -0.142. The highest BCUT2D eigenvalue weighted by Gasteiger charge is 2.36. The first-order valence-corrected chi connectivity index (χ1v) is 9.09. The Hall–Kier alpha value is -2.95. The third kappa shape index (κ3) is 3.46. The molecule has 3 aromatic rings. The van der Waals surface area contributed by atoms with E-state index in [1.165, 1.54) is 4.68 Å². The van der Waals surface area contributed by atoms with Gasteiger partial charge in [-0.15, -0.1) is 0 Å². The largest absolute Gasteiger partial charge is 0.433 e. The number of piperazine rings is 1. The predicted molar refractivity (Wildman–Crippen MR) is 98.3 cm³/mol. The van der Waals surface area contributed by atoms with Gasteiger partial charge in [0.25, 0.3) is 5.91 Å². The van der Waals surface area contributed by atoms with E-state index in [0.29, 0.717) is 42.0 Å². The van der Waals surface area contributed by atoms with Gasteiger partial charge < -0.3 is 9.80 Å². The summed E-state index contributed by atoms with van der Waals surface area (Å²) in [4.78, 5) is 21.1. The van der Waals surface area contributed by atoms with Crippen molar-refractivity contribution in [1.82, 2.24) is 34.2 Å². The van der Waals surface area contributed by atoms with E-state index < -0.39 is 11.9 Å². The zero-order valence-corrected chi connectivity index (χ0v) is 16.2. The van der Waals surface area contributed by atoms with E-state index >= 15 is 0 Å². The number of aryl methyl sites for hydroxylation is 2. The second kappa shape index (κ2) is 6.83. The number of halogens is 3. The molecule has 0 saturated carbocycles. The number of carbonyl (C=O) groups excluding carboxylic acids is 1. The summed E-state index contributed by atoms with van der Waals surface area (Å²) in [7, 11) is 3.64. The molecule has 1 saturated heterocycles. The van der Waals surface area contributed by atoms with Crippen molar-refractivity contribution in [2.24, 2.45) is 7.05 Å². The molecule has 0 unspecified atom stereocenters. The van der Waals surface area contributed by atoms with Crippen molar-refractivity contribution >= 4 is 11.6 Å². The third-order valence-corrected chi connectivity index (χ3v) is 5.07. The molecule has 0 N–H and O–H groups in total. The fourth-order valence-corrected chi connectivity index (χ4v) is 3.48. The van der Waals surface area contributed by atoms with Crippen molar-refractivity contribution in [3.8, 4) is 11.3 Å². The highest BCUT2D eigenvalue weighted by molar-refractivity contribution is 6.00. The van der Waals surface area contributed by atoms with Crippen molar-refractivity contribution in [2.75, 3.05) is 33.2 Å². The van der Waals surface area contributed by atoms with Crippen LogP contribution in [0.15, 0.2) is 18.5 Å². The molecule has 1 amide bonds. The second-order valence-electron chi connectivity index (χ2n) is 7.22. The van der Waals surface area contributed by atoms with Crippen LogP contribution in [0.5, 0.6) is 0 Å². The van der Waals surface area contributed by atoms with Crippen LogP contribution in [0.3, 0.4) is 0 Å². The Balaban J connectivity index is 1.86. The van der Waals surface area contributed by atoms with Crippen LogP contribution in [-0.2, 0) is 13.2 Å². The van der Waals surface area contributed by atoms with Crippen molar-refractivity contribution < 1.29 is 18.0 Å².